The van der Waals surface area contributed by atoms with E-state index in [0.29, 0.717) is 28.3 Å². The Kier molecular flexibility index (Phi) is 9.17. The molecule has 8 heteroatoms. The summed E-state index contributed by atoms with van der Waals surface area (Å²) in [5, 5.41) is 11.3. The highest BCUT2D eigenvalue weighted by atomic mass is 35.5. The molecule has 2 aliphatic rings. The van der Waals surface area contributed by atoms with Crippen LogP contribution in [0, 0.1) is 5.92 Å². The van der Waals surface area contributed by atoms with Crippen LogP contribution in [0.4, 0.5) is 0 Å². The van der Waals surface area contributed by atoms with Gasteiger partial charge >= 0.3 is 5.97 Å². The first kappa shape index (κ1) is 26.1. The lowest BCUT2D eigenvalue weighted by atomic mass is 9.86. The molecule has 190 valence electrons. The normalized spacial score (nSPS) is 22.1. The number of para-hydroxylation sites is 1. The maximum absolute atomic E-state index is 12.0. The summed E-state index contributed by atoms with van der Waals surface area (Å²) in [6.45, 7) is 4.19. The number of benzene rings is 2. The monoisotopic (exact) mass is 520 g/mol. The summed E-state index contributed by atoms with van der Waals surface area (Å²) < 4.78 is 11.1. The van der Waals surface area contributed by atoms with Crippen LogP contribution < -0.4 is 4.74 Å². The number of esters is 1. The summed E-state index contributed by atoms with van der Waals surface area (Å²) in [5.74, 6) is 1.42. The predicted molar refractivity (Wildman–Crippen MR) is 138 cm³/mol. The van der Waals surface area contributed by atoms with Crippen LogP contribution in [0.3, 0.4) is 0 Å². The van der Waals surface area contributed by atoms with E-state index in [1.807, 2.05) is 24.3 Å². The Morgan fingerprint density at radius 2 is 1.83 bits per heavy atom. The van der Waals surface area contributed by atoms with Crippen molar-refractivity contribution in [3.8, 4) is 11.5 Å². The fourth-order valence-corrected chi connectivity index (χ4v) is 5.54. The fraction of sp³-hybridized carbons (Fsp3) is 0.519. The maximum atomic E-state index is 12.0. The van der Waals surface area contributed by atoms with Crippen molar-refractivity contribution in [2.24, 2.45) is 5.92 Å². The first-order chi connectivity index (χ1) is 16.9. The molecule has 2 heterocycles. The highest BCUT2D eigenvalue weighted by Gasteiger charge is 2.32. The average molecular weight is 521 g/mol. The highest BCUT2D eigenvalue weighted by molar-refractivity contribution is 6.42. The minimum absolute atomic E-state index is 0.180. The Labute approximate surface area is 217 Å². The van der Waals surface area contributed by atoms with Crippen molar-refractivity contribution in [2.45, 2.75) is 44.2 Å². The number of piperidine rings is 2. The molecular weight excluding hydrogens is 487 g/mol. The second-order valence-corrected chi connectivity index (χ2v) is 10.4. The zero-order valence-electron chi connectivity index (χ0n) is 20.2. The first-order valence-electron chi connectivity index (χ1n) is 12.3. The number of methoxy groups -OCH3 is 1. The fourth-order valence-electron chi connectivity index (χ4n) is 5.25. The van der Waals surface area contributed by atoms with E-state index in [0.717, 1.165) is 69.6 Å². The van der Waals surface area contributed by atoms with Gasteiger partial charge in [-0.05, 0) is 68.3 Å². The van der Waals surface area contributed by atoms with Crippen LogP contribution in [-0.4, -0.2) is 72.9 Å². The summed E-state index contributed by atoms with van der Waals surface area (Å²) in [5.41, 5.74) is 0.924. The number of carbonyl (C=O) groups is 1. The molecule has 0 aromatic heterocycles. The van der Waals surface area contributed by atoms with E-state index in [4.69, 9.17) is 32.7 Å². The Hall–Kier alpha value is -1.99. The van der Waals surface area contributed by atoms with Crippen molar-refractivity contribution in [3.63, 3.8) is 0 Å². The van der Waals surface area contributed by atoms with Crippen LogP contribution in [0.2, 0.25) is 10.0 Å². The molecule has 2 aromatic carbocycles. The van der Waals surface area contributed by atoms with Crippen molar-refractivity contribution in [3.05, 3.63) is 58.1 Å². The lowest BCUT2D eigenvalue weighted by Crippen LogP contribution is -2.49. The topological polar surface area (TPSA) is 62.2 Å². The molecular formula is C27H34Cl2N2O4. The van der Waals surface area contributed by atoms with Crippen molar-refractivity contribution >= 4 is 29.2 Å². The number of ether oxygens (including phenoxy) is 2. The van der Waals surface area contributed by atoms with Crippen LogP contribution in [0.5, 0.6) is 11.5 Å². The number of nitrogens with zero attached hydrogens (tertiary/aromatic N) is 2. The summed E-state index contributed by atoms with van der Waals surface area (Å²) >= 11 is 12.1. The minimum atomic E-state index is -0.213. The molecule has 2 aromatic rings. The molecule has 0 radical (unpaired) electrons. The van der Waals surface area contributed by atoms with Gasteiger partial charge in [0.1, 0.15) is 17.6 Å². The van der Waals surface area contributed by atoms with Gasteiger partial charge in [-0.25, -0.2) is 0 Å². The zero-order chi connectivity index (χ0) is 24.8. The number of phenolic OH excluding ortho intramolecular Hbond substituents is 1. The van der Waals surface area contributed by atoms with Gasteiger partial charge in [-0.15, -0.1) is 0 Å². The van der Waals surface area contributed by atoms with E-state index in [1.165, 1.54) is 7.11 Å². The lowest BCUT2D eigenvalue weighted by Gasteiger charge is -2.41. The number of aromatic hydroxyl groups is 1. The van der Waals surface area contributed by atoms with Crippen molar-refractivity contribution in [1.29, 1.82) is 0 Å². The van der Waals surface area contributed by atoms with E-state index in [9.17, 15) is 9.90 Å². The molecule has 2 atom stereocenters. The summed E-state index contributed by atoms with van der Waals surface area (Å²) in [7, 11) is 1.43. The smallest absolute Gasteiger partial charge is 0.319 e. The number of likely N-dealkylation sites (tertiary alicyclic amines) is 2. The van der Waals surface area contributed by atoms with Crippen LogP contribution >= 0.6 is 23.2 Å². The first-order valence-corrected chi connectivity index (χ1v) is 13.1. The van der Waals surface area contributed by atoms with Crippen LogP contribution in [0.25, 0.3) is 0 Å². The summed E-state index contributed by atoms with van der Waals surface area (Å²) in [4.78, 5) is 16.7. The lowest BCUT2D eigenvalue weighted by molar-refractivity contribution is -0.143. The Morgan fingerprint density at radius 1 is 1.06 bits per heavy atom. The van der Waals surface area contributed by atoms with Gasteiger partial charge in [-0.2, -0.15) is 0 Å². The molecule has 0 aliphatic carbocycles. The Bertz CT molecular complexity index is 997. The van der Waals surface area contributed by atoms with Gasteiger partial charge in [-0.3, -0.25) is 9.69 Å². The molecule has 35 heavy (non-hydrogen) atoms. The van der Waals surface area contributed by atoms with E-state index < -0.39 is 0 Å². The molecule has 2 saturated heterocycles. The number of hydrogen-bond acceptors (Lipinski definition) is 6. The predicted octanol–water partition coefficient (Wildman–Crippen LogP) is 5.04. The third-order valence-corrected chi connectivity index (χ3v) is 7.94. The minimum Gasteiger partial charge on any atom is -0.508 e. The molecule has 2 aliphatic heterocycles. The number of carbonyl (C=O) groups excluding carboxylic acids is 1. The van der Waals surface area contributed by atoms with Gasteiger partial charge in [0, 0.05) is 31.7 Å². The zero-order valence-corrected chi connectivity index (χ0v) is 21.7. The van der Waals surface area contributed by atoms with Crippen LogP contribution in [-0.2, 0) is 16.0 Å². The standard InChI is InChI=1S/C27H34Cl2N2O4/c1-34-27(33)18-31-13-8-19(14-21(31)15-20-4-2-3-5-26(20)32)17-30-11-9-22(10-12-30)35-23-6-7-24(28)25(29)16-23/h2-7,16,19,21-22,32H,8-15,17-18H2,1H3. The quantitative estimate of drug-likeness (QED) is 0.492. The van der Waals surface area contributed by atoms with Gasteiger partial charge in [0.05, 0.1) is 23.7 Å². The van der Waals surface area contributed by atoms with Crippen molar-refractivity contribution in [1.82, 2.24) is 9.80 Å². The molecule has 0 saturated carbocycles. The molecule has 2 fully saturated rings. The number of phenols is 1. The molecule has 6 nitrogen and oxygen atoms in total. The number of hydrogen-bond donors (Lipinski definition) is 1. The summed E-state index contributed by atoms with van der Waals surface area (Å²) in [6.07, 6.45) is 4.89. The van der Waals surface area contributed by atoms with Gasteiger partial charge in [0.25, 0.3) is 0 Å². The Balaban J connectivity index is 1.30. The van der Waals surface area contributed by atoms with Gasteiger partial charge in [0.2, 0.25) is 0 Å². The largest absolute Gasteiger partial charge is 0.508 e. The van der Waals surface area contributed by atoms with Crippen LogP contribution in [0.15, 0.2) is 42.5 Å². The van der Waals surface area contributed by atoms with E-state index >= 15 is 0 Å². The second kappa shape index (κ2) is 12.3. The number of halogens is 2. The molecule has 0 bridgehead atoms. The van der Waals surface area contributed by atoms with E-state index in [-0.39, 0.29) is 18.1 Å². The van der Waals surface area contributed by atoms with Crippen molar-refractivity contribution in [2.75, 3.05) is 39.8 Å². The maximum Gasteiger partial charge on any atom is 0.319 e. The highest BCUT2D eigenvalue weighted by Crippen LogP contribution is 2.31. The SMILES string of the molecule is COC(=O)CN1CCC(CN2CCC(Oc3ccc(Cl)c(Cl)c3)CC2)CC1Cc1ccccc1O. The van der Waals surface area contributed by atoms with Gasteiger partial charge in [-0.1, -0.05) is 41.4 Å². The third-order valence-electron chi connectivity index (χ3n) is 7.20. The van der Waals surface area contributed by atoms with Crippen molar-refractivity contribution < 1.29 is 19.4 Å². The number of rotatable bonds is 8. The van der Waals surface area contributed by atoms with E-state index in [2.05, 4.69) is 9.80 Å². The van der Waals surface area contributed by atoms with Crippen LogP contribution in [0.1, 0.15) is 31.2 Å². The average Bonchev–Trinajstić information content (AvgIpc) is 2.85. The summed E-state index contributed by atoms with van der Waals surface area (Å²) in [6, 6.07) is 13.1. The van der Waals surface area contributed by atoms with Gasteiger partial charge in [0.15, 0.2) is 0 Å². The Morgan fingerprint density at radius 3 is 2.54 bits per heavy atom. The van der Waals surface area contributed by atoms with Gasteiger partial charge < -0.3 is 19.5 Å². The molecule has 0 amide bonds. The molecule has 4 rings (SSSR count). The molecule has 0 spiro atoms. The third kappa shape index (κ3) is 7.26. The molecule has 1 N–H and O–H groups in total. The van der Waals surface area contributed by atoms with E-state index in [1.54, 1.807) is 18.2 Å². The second-order valence-electron chi connectivity index (χ2n) is 9.62. The molecule has 2 unspecified atom stereocenters.